The number of benzene rings is 2. The van der Waals surface area contributed by atoms with Crippen LogP contribution in [0.25, 0.3) is 0 Å². The molecule has 0 aromatic heterocycles. The van der Waals surface area contributed by atoms with Crippen LogP contribution >= 0.6 is 11.8 Å². The number of thioether (sulfide) groups is 1. The molecule has 1 fully saturated rings. The van der Waals surface area contributed by atoms with Crippen molar-refractivity contribution in [2.75, 3.05) is 5.75 Å². The first-order valence-electron chi connectivity index (χ1n) is 7.45. The number of hydrogen-bond donors (Lipinski definition) is 1. The van der Waals surface area contributed by atoms with Gasteiger partial charge in [-0.15, -0.1) is 11.8 Å². The summed E-state index contributed by atoms with van der Waals surface area (Å²) in [6, 6.07) is 16.5. The Morgan fingerprint density at radius 3 is 2.45 bits per heavy atom. The number of rotatable bonds is 6. The maximum atomic E-state index is 12.9. The summed E-state index contributed by atoms with van der Waals surface area (Å²) in [6.07, 6.45) is 2.34. The number of carbonyl (C=O) groups is 1. The third kappa shape index (κ3) is 4.10. The summed E-state index contributed by atoms with van der Waals surface area (Å²) < 4.78 is 12.9. The van der Waals surface area contributed by atoms with Gasteiger partial charge >= 0.3 is 0 Å². The minimum absolute atomic E-state index is 0.0232. The van der Waals surface area contributed by atoms with Gasteiger partial charge in [0.15, 0.2) is 0 Å². The van der Waals surface area contributed by atoms with Crippen molar-refractivity contribution in [1.29, 1.82) is 0 Å². The molecule has 0 spiro atoms. The van der Waals surface area contributed by atoms with Crippen molar-refractivity contribution in [3.8, 4) is 0 Å². The predicted octanol–water partition coefficient (Wildman–Crippen LogP) is 4.19. The lowest BCUT2D eigenvalue weighted by Crippen LogP contribution is -2.31. The summed E-state index contributed by atoms with van der Waals surface area (Å²) in [4.78, 5) is 13.1. The lowest BCUT2D eigenvalue weighted by molar-refractivity contribution is -0.119. The highest BCUT2D eigenvalue weighted by Gasteiger charge is 2.33. The molecule has 0 heterocycles. The van der Waals surface area contributed by atoms with Crippen molar-refractivity contribution in [3.05, 3.63) is 66.0 Å². The van der Waals surface area contributed by atoms with Gasteiger partial charge in [0, 0.05) is 4.90 Å². The van der Waals surface area contributed by atoms with Gasteiger partial charge in [-0.05, 0) is 48.6 Å². The molecule has 2 aromatic rings. The molecule has 0 aliphatic heterocycles. The third-order valence-corrected chi connectivity index (χ3v) is 4.76. The molecule has 114 valence electrons. The van der Waals surface area contributed by atoms with E-state index in [0.717, 1.165) is 4.90 Å². The van der Waals surface area contributed by atoms with Crippen LogP contribution in [0.2, 0.25) is 0 Å². The van der Waals surface area contributed by atoms with Crippen LogP contribution in [0.1, 0.15) is 24.4 Å². The Bertz CT molecular complexity index is 625. The molecule has 1 amide bonds. The van der Waals surface area contributed by atoms with Crippen molar-refractivity contribution in [2.45, 2.75) is 23.8 Å². The molecule has 1 N–H and O–H groups in total. The zero-order chi connectivity index (χ0) is 15.4. The van der Waals surface area contributed by atoms with Gasteiger partial charge in [-0.3, -0.25) is 4.79 Å². The van der Waals surface area contributed by atoms with E-state index in [0.29, 0.717) is 11.7 Å². The number of hydrogen-bond acceptors (Lipinski definition) is 2. The number of nitrogens with one attached hydrogen (secondary N) is 1. The topological polar surface area (TPSA) is 29.1 Å². The second-order valence-electron chi connectivity index (χ2n) is 5.54. The van der Waals surface area contributed by atoms with E-state index in [-0.39, 0.29) is 17.8 Å². The molecule has 1 atom stereocenters. The molecule has 4 heteroatoms. The van der Waals surface area contributed by atoms with Crippen molar-refractivity contribution >= 4 is 17.7 Å². The fourth-order valence-corrected chi connectivity index (χ4v) is 3.17. The summed E-state index contributed by atoms with van der Waals surface area (Å²) >= 11 is 1.43. The maximum absolute atomic E-state index is 12.9. The molecule has 0 saturated heterocycles. The maximum Gasteiger partial charge on any atom is 0.230 e. The van der Waals surface area contributed by atoms with Gasteiger partial charge in [-0.25, -0.2) is 4.39 Å². The van der Waals surface area contributed by atoms with E-state index >= 15 is 0 Å². The molecule has 0 unspecified atom stereocenters. The minimum atomic E-state index is -0.258. The van der Waals surface area contributed by atoms with Crippen LogP contribution in [0.4, 0.5) is 4.39 Å². The van der Waals surface area contributed by atoms with Crippen LogP contribution in [-0.2, 0) is 4.79 Å². The lowest BCUT2D eigenvalue weighted by atomic mass is 10.0. The van der Waals surface area contributed by atoms with E-state index in [9.17, 15) is 9.18 Å². The number of amides is 1. The van der Waals surface area contributed by atoms with Crippen LogP contribution in [0.5, 0.6) is 0 Å². The average Bonchev–Trinajstić information content (AvgIpc) is 3.38. The third-order valence-electron chi connectivity index (χ3n) is 3.75. The molecule has 2 nitrogen and oxygen atoms in total. The second-order valence-corrected chi connectivity index (χ2v) is 6.58. The summed E-state index contributed by atoms with van der Waals surface area (Å²) in [7, 11) is 0. The molecular weight excluding hydrogens is 297 g/mol. The summed E-state index contributed by atoms with van der Waals surface area (Å²) in [5, 5.41) is 3.14. The molecular formula is C18H18FNOS. The Kier molecular flexibility index (Phi) is 4.78. The van der Waals surface area contributed by atoms with Crippen LogP contribution < -0.4 is 5.32 Å². The fourth-order valence-electron chi connectivity index (χ4n) is 2.46. The van der Waals surface area contributed by atoms with E-state index in [1.54, 1.807) is 12.1 Å². The quantitative estimate of drug-likeness (QED) is 0.810. The van der Waals surface area contributed by atoms with E-state index < -0.39 is 0 Å². The first-order chi connectivity index (χ1) is 10.7. The van der Waals surface area contributed by atoms with E-state index in [1.807, 2.05) is 18.2 Å². The van der Waals surface area contributed by atoms with Gasteiger partial charge in [0.25, 0.3) is 0 Å². The molecule has 0 bridgehead atoms. The molecule has 1 saturated carbocycles. The fraction of sp³-hybridized carbons (Fsp3) is 0.278. The predicted molar refractivity (Wildman–Crippen MR) is 87.2 cm³/mol. The summed E-state index contributed by atoms with van der Waals surface area (Å²) in [5.41, 5.74) is 1.17. The smallest absolute Gasteiger partial charge is 0.230 e. The molecule has 1 aliphatic carbocycles. The largest absolute Gasteiger partial charge is 0.348 e. The standard InChI is InChI=1S/C18H18FNOS/c19-15-8-10-16(11-9-15)22-12-17(21)20-18(14-6-7-14)13-4-2-1-3-5-13/h1-5,8-11,14,18H,6-7,12H2,(H,20,21)/t18-/m0/s1. The normalized spacial score (nSPS) is 15.3. The lowest BCUT2D eigenvalue weighted by Gasteiger charge is -2.18. The van der Waals surface area contributed by atoms with Gasteiger partial charge in [0.05, 0.1) is 11.8 Å². The van der Waals surface area contributed by atoms with E-state index in [2.05, 4.69) is 17.4 Å². The zero-order valence-corrected chi connectivity index (χ0v) is 13.0. The molecule has 0 radical (unpaired) electrons. The van der Waals surface area contributed by atoms with E-state index in [1.165, 1.54) is 42.3 Å². The highest BCUT2D eigenvalue weighted by atomic mass is 32.2. The molecule has 22 heavy (non-hydrogen) atoms. The van der Waals surface area contributed by atoms with Crippen molar-refractivity contribution in [1.82, 2.24) is 5.32 Å². The molecule has 3 rings (SSSR count). The highest BCUT2D eigenvalue weighted by Crippen LogP contribution is 2.41. The molecule has 1 aliphatic rings. The number of halogens is 1. The van der Waals surface area contributed by atoms with Crippen LogP contribution in [0.15, 0.2) is 59.5 Å². The van der Waals surface area contributed by atoms with Crippen molar-refractivity contribution < 1.29 is 9.18 Å². The first-order valence-corrected chi connectivity index (χ1v) is 8.43. The van der Waals surface area contributed by atoms with Gasteiger partial charge in [-0.2, -0.15) is 0 Å². The Balaban J connectivity index is 1.56. The van der Waals surface area contributed by atoms with Crippen LogP contribution in [0, 0.1) is 11.7 Å². The van der Waals surface area contributed by atoms with Crippen LogP contribution in [-0.4, -0.2) is 11.7 Å². The summed E-state index contributed by atoms with van der Waals surface area (Å²) in [6.45, 7) is 0. The molecule has 2 aromatic carbocycles. The minimum Gasteiger partial charge on any atom is -0.348 e. The number of carbonyl (C=O) groups excluding carboxylic acids is 1. The Morgan fingerprint density at radius 1 is 1.14 bits per heavy atom. The van der Waals surface area contributed by atoms with Gasteiger partial charge in [-0.1, -0.05) is 30.3 Å². The monoisotopic (exact) mass is 315 g/mol. The van der Waals surface area contributed by atoms with Crippen molar-refractivity contribution in [2.24, 2.45) is 5.92 Å². The van der Waals surface area contributed by atoms with E-state index in [4.69, 9.17) is 0 Å². The van der Waals surface area contributed by atoms with Crippen molar-refractivity contribution in [3.63, 3.8) is 0 Å². The second kappa shape index (κ2) is 6.97. The van der Waals surface area contributed by atoms with Gasteiger partial charge in [0.2, 0.25) is 5.91 Å². The Hall–Kier alpha value is -1.81. The first kappa shape index (κ1) is 15.1. The Labute approximate surface area is 134 Å². The average molecular weight is 315 g/mol. The van der Waals surface area contributed by atoms with Gasteiger partial charge < -0.3 is 5.32 Å². The highest BCUT2D eigenvalue weighted by molar-refractivity contribution is 8.00. The van der Waals surface area contributed by atoms with Crippen LogP contribution in [0.3, 0.4) is 0 Å². The van der Waals surface area contributed by atoms with Gasteiger partial charge in [0.1, 0.15) is 5.82 Å². The Morgan fingerprint density at radius 2 is 1.82 bits per heavy atom. The summed E-state index contributed by atoms with van der Waals surface area (Å²) in [5.74, 6) is 0.672. The SMILES string of the molecule is O=C(CSc1ccc(F)cc1)N[C@@H](c1ccccc1)C1CC1. The zero-order valence-electron chi connectivity index (χ0n) is 12.2.